The van der Waals surface area contributed by atoms with Crippen LogP contribution in [0.2, 0.25) is 0 Å². The molecule has 2 atom stereocenters. The van der Waals surface area contributed by atoms with E-state index in [4.69, 9.17) is 10.5 Å². The number of nitrogens with zero attached hydrogens (tertiary/aromatic N) is 2. The Hall–Kier alpha value is -3.26. The summed E-state index contributed by atoms with van der Waals surface area (Å²) in [5, 5.41) is 3.23. The first kappa shape index (κ1) is 22.9. The Morgan fingerprint density at radius 3 is 2.85 bits per heavy atom. The predicted molar refractivity (Wildman–Crippen MR) is 123 cm³/mol. The highest BCUT2D eigenvalue weighted by atomic mass is 19.1. The normalized spacial score (nSPS) is 20.4. The van der Waals surface area contributed by atoms with Gasteiger partial charge in [0.1, 0.15) is 12.4 Å². The number of amides is 1. The molecule has 1 aliphatic heterocycles. The van der Waals surface area contributed by atoms with Gasteiger partial charge in [-0.05, 0) is 31.1 Å². The van der Waals surface area contributed by atoms with Crippen LogP contribution >= 0.6 is 0 Å². The summed E-state index contributed by atoms with van der Waals surface area (Å²) in [6.07, 6.45) is 2.46. The summed E-state index contributed by atoms with van der Waals surface area (Å²) in [6.45, 7) is 3.65. The predicted octanol–water partition coefficient (Wildman–Crippen LogP) is 3.14. The summed E-state index contributed by atoms with van der Waals surface area (Å²) in [4.78, 5) is 18.8. The molecule has 33 heavy (non-hydrogen) atoms. The number of hydrogen-bond acceptors (Lipinski definition) is 5. The van der Waals surface area contributed by atoms with Crippen LogP contribution in [0.3, 0.4) is 0 Å². The van der Waals surface area contributed by atoms with E-state index in [9.17, 15) is 13.6 Å². The number of aliphatic imine (C=N–C) groups is 1. The number of allylic oxidation sites excluding steroid dienone is 1. The molecule has 1 aliphatic carbocycles. The van der Waals surface area contributed by atoms with Crippen molar-refractivity contribution in [3.8, 4) is 5.75 Å². The number of carbonyl (C=O) groups is 1. The molecule has 1 saturated carbocycles. The number of nitrogens with two attached hydrogens (primary N) is 1. The van der Waals surface area contributed by atoms with Gasteiger partial charge in [-0.25, -0.2) is 8.78 Å². The van der Waals surface area contributed by atoms with Crippen LogP contribution in [0.15, 0.2) is 59.2 Å². The van der Waals surface area contributed by atoms with Crippen molar-refractivity contribution in [2.24, 2.45) is 10.7 Å². The molecule has 6 nitrogen and oxygen atoms in total. The van der Waals surface area contributed by atoms with Crippen molar-refractivity contribution in [3.63, 3.8) is 0 Å². The van der Waals surface area contributed by atoms with Crippen molar-refractivity contribution in [2.75, 3.05) is 26.2 Å². The average molecular weight is 455 g/mol. The molecule has 4 rings (SSSR count). The highest BCUT2D eigenvalue weighted by molar-refractivity contribution is 5.99. The minimum atomic E-state index is -0.717. The molecule has 8 heteroatoms. The standard InChI is InChI=1S/C25H28F2N4O2/c1-16(28)9-19-14-31(8-7-29-19)24(32)13-30-23-12-20(23)21-10-18(26)11-22(27)25(21)33-15-17-5-3-2-4-6-17/h2-6,9-11,20,23,30H,7-8,12-15,28H2,1H3. The largest absolute Gasteiger partial charge is 0.486 e. The maximum absolute atomic E-state index is 14.5. The highest BCUT2D eigenvalue weighted by Gasteiger charge is 2.41. The molecule has 2 aromatic rings. The van der Waals surface area contributed by atoms with Crippen molar-refractivity contribution in [1.82, 2.24) is 10.2 Å². The van der Waals surface area contributed by atoms with E-state index in [2.05, 4.69) is 10.3 Å². The van der Waals surface area contributed by atoms with Gasteiger partial charge in [0, 0.05) is 35.8 Å². The lowest BCUT2D eigenvalue weighted by atomic mass is 10.1. The fourth-order valence-electron chi connectivity index (χ4n) is 4.04. The molecule has 3 N–H and O–H groups in total. The van der Waals surface area contributed by atoms with Gasteiger partial charge in [-0.3, -0.25) is 9.79 Å². The Kier molecular flexibility index (Phi) is 7.03. The molecule has 1 heterocycles. The molecule has 0 radical (unpaired) electrons. The van der Waals surface area contributed by atoms with E-state index in [1.165, 1.54) is 6.07 Å². The van der Waals surface area contributed by atoms with Gasteiger partial charge >= 0.3 is 0 Å². The van der Waals surface area contributed by atoms with Gasteiger partial charge in [0.25, 0.3) is 0 Å². The van der Waals surface area contributed by atoms with Gasteiger partial charge in [-0.15, -0.1) is 0 Å². The second kappa shape index (κ2) is 10.1. The number of ether oxygens (including phenoxy) is 1. The van der Waals surface area contributed by atoms with Crippen LogP contribution in [-0.2, 0) is 11.4 Å². The van der Waals surface area contributed by atoms with E-state index < -0.39 is 11.6 Å². The third kappa shape index (κ3) is 5.96. The first-order valence-corrected chi connectivity index (χ1v) is 11.0. The smallest absolute Gasteiger partial charge is 0.236 e. The van der Waals surface area contributed by atoms with E-state index in [0.29, 0.717) is 37.3 Å². The molecule has 1 fully saturated rings. The quantitative estimate of drug-likeness (QED) is 0.642. The Morgan fingerprint density at radius 1 is 1.30 bits per heavy atom. The average Bonchev–Trinajstić information content (AvgIpc) is 3.56. The SMILES string of the molecule is CC(N)=CC1=NCCN(C(=O)CNC2CC2c2cc(F)cc(F)c2OCc2ccccc2)C1. The van der Waals surface area contributed by atoms with E-state index in [1.807, 2.05) is 30.3 Å². The molecule has 0 spiro atoms. The van der Waals surface area contributed by atoms with Crippen molar-refractivity contribution in [1.29, 1.82) is 0 Å². The first-order valence-electron chi connectivity index (χ1n) is 11.0. The van der Waals surface area contributed by atoms with E-state index in [0.717, 1.165) is 17.3 Å². The van der Waals surface area contributed by atoms with E-state index in [-0.39, 0.29) is 36.8 Å². The van der Waals surface area contributed by atoms with Gasteiger partial charge in [-0.1, -0.05) is 30.3 Å². The zero-order valence-electron chi connectivity index (χ0n) is 18.6. The van der Waals surface area contributed by atoms with Crippen molar-refractivity contribution < 1.29 is 18.3 Å². The molecule has 0 aromatic heterocycles. The van der Waals surface area contributed by atoms with Crippen molar-refractivity contribution >= 4 is 11.6 Å². The van der Waals surface area contributed by atoms with Crippen LogP contribution in [0, 0.1) is 11.6 Å². The molecule has 0 bridgehead atoms. The number of benzene rings is 2. The Balaban J connectivity index is 1.35. The molecular weight excluding hydrogens is 426 g/mol. The highest BCUT2D eigenvalue weighted by Crippen LogP contribution is 2.46. The zero-order chi connectivity index (χ0) is 23.4. The van der Waals surface area contributed by atoms with Crippen molar-refractivity contribution in [3.05, 3.63) is 77.0 Å². The Morgan fingerprint density at radius 2 is 2.09 bits per heavy atom. The summed E-state index contributed by atoms with van der Waals surface area (Å²) < 4.78 is 34.3. The van der Waals surface area contributed by atoms with Crippen LogP contribution in [0.25, 0.3) is 0 Å². The molecule has 1 amide bonds. The van der Waals surface area contributed by atoms with Crippen LogP contribution in [-0.4, -0.2) is 48.7 Å². The van der Waals surface area contributed by atoms with Gasteiger partial charge in [0.2, 0.25) is 5.91 Å². The summed E-state index contributed by atoms with van der Waals surface area (Å²) in [5.41, 5.74) is 8.53. The number of carbonyl (C=O) groups excluding carboxylic acids is 1. The Labute approximate surface area is 192 Å². The fourth-order valence-corrected chi connectivity index (χ4v) is 4.04. The lowest BCUT2D eigenvalue weighted by Crippen LogP contribution is -2.45. The maximum atomic E-state index is 14.5. The fraction of sp³-hybridized carbons (Fsp3) is 0.360. The van der Waals surface area contributed by atoms with E-state index >= 15 is 0 Å². The van der Waals surface area contributed by atoms with Gasteiger partial charge < -0.3 is 20.7 Å². The number of nitrogens with one attached hydrogen (secondary N) is 1. The Bertz CT molecular complexity index is 1070. The second-order valence-electron chi connectivity index (χ2n) is 8.49. The number of rotatable bonds is 8. The maximum Gasteiger partial charge on any atom is 0.236 e. The molecule has 2 aliphatic rings. The molecule has 2 unspecified atom stereocenters. The number of halogens is 2. The van der Waals surface area contributed by atoms with Crippen LogP contribution < -0.4 is 15.8 Å². The summed E-state index contributed by atoms with van der Waals surface area (Å²) in [6, 6.07) is 11.5. The van der Waals surface area contributed by atoms with Crippen LogP contribution in [0.5, 0.6) is 5.75 Å². The summed E-state index contributed by atoms with van der Waals surface area (Å²) in [5.74, 6) is -1.44. The lowest BCUT2D eigenvalue weighted by molar-refractivity contribution is -0.129. The topological polar surface area (TPSA) is 80.0 Å². The third-order valence-electron chi connectivity index (χ3n) is 5.75. The monoisotopic (exact) mass is 454 g/mol. The first-order chi connectivity index (χ1) is 15.9. The molecular formula is C25H28F2N4O2. The number of hydrogen-bond donors (Lipinski definition) is 2. The van der Waals surface area contributed by atoms with Crippen LogP contribution in [0.4, 0.5) is 8.78 Å². The molecule has 174 valence electrons. The lowest BCUT2D eigenvalue weighted by Gasteiger charge is -2.26. The van der Waals surface area contributed by atoms with Crippen LogP contribution in [0.1, 0.15) is 30.4 Å². The van der Waals surface area contributed by atoms with Gasteiger partial charge in [0.05, 0.1) is 25.3 Å². The van der Waals surface area contributed by atoms with E-state index in [1.54, 1.807) is 17.9 Å². The van der Waals surface area contributed by atoms with Crippen molar-refractivity contribution in [2.45, 2.75) is 31.9 Å². The second-order valence-corrected chi connectivity index (χ2v) is 8.49. The minimum absolute atomic E-state index is 0.0397. The van der Waals surface area contributed by atoms with Gasteiger partial charge in [-0.2, -0.15) is 0 Å². The zero-order valence-corrected chi connectivity index (χ0v) is 18.6. The van der Waals surface area contributed by atoms with Gasteiger partial charge in [0.15, 0.2) is 11.6 Å². The minimum Gasteiger partial charge on any atom is -0.486 e. The third-order valence-corrected chi connectivity index (χ3v) is 5.75. The molecule has 2 aromatic carbocycles. The molecule has 0 saturated heterocycles. The summed E-state index contributed by atoms with van der Waals surface area (Å²) >= 11 is 0. The summed E-state index contributed by atoms with van der Waals surface area (Å²) in [7, 11) is 0.